The summed E-state index contributed by atoms with van der Waals surface area (Å²) in [6.45, 7) is 7.46. The molecule has 0 aromatic heterocycles. The van der Waals surface area contributed by atoms with Crippen molar-refractivity contribution in [3.8, 4) is 5.75 Å². The van der Waals surface area contributed by atoms with Crippen LogP contribution in [0.15, 0.2) is 42.0 Å². The summed E-state index contributed by atoms with van der Waals surface area (Å²) >= 11 is 0. The Morgan fingerprint density at radius 3 is 2.62 bits per heavy atom. The van der Waals surface area contributed by atoms with E-state index in [0.29, 0.717) is 6.04 Å². The number of hydrogen-bond donors (Lipinski definition) is 1. The molecule has 0 unspecified atom stereocenters. The van der Waals surface area contributed by atoms with Gasteiger partial charge in [-0.25, -0.2) is 0 Å². The van der Waals surface area contributed by atoms with Gasteiger partial charge < -0.3 is 10.1 Å². The van der Waals surface area contributed by atoms with Crippen LogP contribution in [0.25, 0.3) is 16.8 Å². The predicted octanol–water partition coefficient (Wildman–Crippen LogP) is 4.64. The lowest BCUT2D eigenvalue weighted by Gasteiger charge is -2.13. The minimum absolute atomic E-state index is 0.495. The minimum Gasteiger partial charge on any atom is -0.496 e. The van der Waals surface area contributed by atoms with E-state index in [1.165, 1.54) is 21.9 Å². The molecule has 2 aromatic carbocycles. The zero-order valence-corrected chi connectivity index (χ0v) is 13.4. The van der Waals surface area contributed by atoms with Crippen LogP contribution in [0.2, 0.25) is 0 Å². The summed E-state index contributed by atoms with van der Waals surface area (Å²) in [6.07, 6.45) is 3.31. The maximum absolute atomic E-state index is 5.56. The first-order valence-corrected chi connectivity index (χ1v) is 7.64. The average Bonchev–Trinajstić information content (AvgIpc) is 2.51. The van der Waals surface area contributed by atoms with Crippen molar-refractivity contribution in [1.82, 2.24) is 5.32 Å². The van der Waals surface area contributed by atoms with Crippen LogP contribution in [0.4, 0.5) is 0 Å². The molecular formula is C19H25NO. The van der Waals surface area contributed by atoms with E-state index in [1.54, 1.807) is 7.11 Å². The van der Waals surface area contributed by atoms with Gasteiger partial charge in [0.1, 0.15) is 5.75 Å². The molecule has 0 spiro atoms. The number of ether oxygens (including phenoxy) is 1. The van der Waals surface area contributed by atoms with Gasteiger partial charge in [0, 0.05) is 18.2 Å². The number of fused-ring (bicyclic) bond motifs is 1. The lowest BCUT2D eigenvalue weighted by atomic mass is 10.00. The summed E-state index contributed by atoms with van der Waals surface area (Å²) in [5.41, 5.74) is 2.57. The van der Waals surface area contributed by atoms with Crippen LogP contribution in [0.3, 0.4) is 0 Å². The molecule has 1 N–H and O–H groups in total. The van der Waals surface area contributed by atoms with E-state index in [4.69, 9.17) is 4.74 Å². The van der Waals surface area contributed by atoms with Gasteiger partial charge in [-0.05, 0) is 23.3 Å². The first-order valence-electron chi connectivity index (χ1n) is 7.64. The Balaban J connectivity index is 2.47. The van der Waals surface area contributed by atoms with Crippen molar-refractivity contribution in [3.63, 3.8) is 0 Å². The molecule has 2 aromatic rings. The highest BCUT2D eigenvalue weighted by Crippen LogP contribution is 2.30. The fourth-order valence-electron chi connectivity index (χ4n) is 2.42. The molecule has 0 heterocycles. The second-order valence-corrected chi connectivity index (χ2v) is 5.59. The second-order valence-electron chi connectivity index (χ2n) is 5.59. The van der Waals surface area contributed by atoms with Crippen molar-refractivity contribution in [2.24, 2.45) is 0 Å². The molecule has 0 saturated carbocycles. The molecule has 2 nitrogen and oxygen atoms in total. The van der Waals surface area contributed by atoms with Crippen LogP contribution < -0.4 is 10.1 Å². The Hall–Kier alpha value is -1.80. The SMILES string of the molecule is CCC(=Cc1c(OC)ccc2ccccc12)CNC(C)C. The van der Waals surface area contributed by atoms with Crippen molar-refractivity contribution in [2.45, 2.75) is 33.2 Å². The van der Waals surface area contributed by atoms with Crippen molar-refractivity contribution in [2.75, 3.05) is 13.7 Å². The van der Waals surface area contributed by atoms with E-state index < -0.39 is 0 Å². The first kappa shape index (κ1) is 15.6. The maximum Gasteiger partial charge on any atom is 0.126 e. The van der Waals surface area contributed by atoms with Crippen LogP contribution in [0, 0.1) is 0 Å². The lowest BCUT2D eigenvalue weighted by Crippen LogP contribution is -2.24. The van der Waals surface area contributed by atoms with Gasteiger partial charge in [0.15, 0.2) is 0 Å². The van der Waals surface area contributed by atoms with Crippen LogP contribution in [-0.4, -0.2) is 19.7 Å². The van der Waals surface area contributed by atoms with Crippen molar-refractivity contribution >= 4 is 16.8 Å². The van der Waals surface area contributed by atoms with Crippen LogP contribution in [-0.2, 0) is 0 Å². The molecule has 2 rings (SSSR count). The van der Waals surface area contributed by atoms with Gasteiger partial charge in [-0.2, -0.15) is 0 Å². The topological polar surface area (TPSA) is 21.3 Å². The smallest absolute Gasteiger partial charge is 0.126 e. The quantitative estimate of drug-likeness (QED) is 0.834. The highest BCUT2D eigenvalue weighted by molar-refractivity contribution is 5.93. The number of nitrogens with one attached hydrogen (secondary N) is 1. The van der Waals surface area contributed by atoms with E-state index in [9.17, 15) is 0 Å². The van der Waals surface area contributed by atoms with Crippen LogP contribution in [0.1, 0.15) is 32.8 Å². The number of rotatable bonds is 6. The largest absolute Gasteiger partial charge is 0.496 e. The molecule has 0 radical (unpaired) electrons. The third-order valence-corrected chi connectivity index (χ3v) is 3.69. The van der Waals surface area contributed by atoms with Crippen molar-refractivity contribution in [3.05, 3.63) is 47.5 Å². The van der Waals surface area contributed by atoms with Gasteiger partial charge in [-0.3, -0.25) is 0 Å². The molecule has 112 valence electrons. The molecule has 0 fully saturated rings. The second kappa shape index (κ2) is 7.28. The summed E-state index contributed by atoms with van der Waals surface area (Å²) in [5, 5.41) is 5.98. The third kappa shape index (κ3) is 3.85. The summed E-state index contributed by atoms with van der Waals surface area (Å²) < 4.78 is 5.56. The van der Waals surface area contributed by atoms with Gasteiger partial charge in [-0.1, -0.05) is 62.8 Å². The Labute approximate surface area is 127 Å². The zero-order chi connectivity index (χ0) is 15.2. The van der Waals surface area contributed by atoms with Crippen molar-refractivity contribution in [1.29, 1.82) is 0 Å². The van der Waals surface area contributed by atoms with Crippen molar-refractivity contribution < 1.29 is 4.74 Å². The summed E-state index contributed by atoms with van der Waals surface area (Å²) in [6, 6.07) is 13.1. The summed E-state index contributed by atoms with van der Waals surface area (Å²) in [5.74, 6) is 0.934. The first-order chi connectivity index (χ1) is 10.2. The van der Waals surface area contributed by atoms with Gasteiger partial charge in [0.05, 0.1) is 7.11 Å². The van der Waals surface area contributed by atoms with Gasteiger partial charge in [0.25, 0.3) is 0 Å². The fourth-order valence-corrected chi connectivity index (χ4v) is 2.42. The number of benzene rings is 2. The molecule has 0 aliphatic heterocycles. The Bertz CT molecular complexity index is 628. The van der Waals surface area contributed by atoms with E-state index in [1.807, 2.05) is 0 Å². The van der Waals surface area contributed by atoms with E-state index >= 15 is 0 Å². The molecule has 21 heavy (non-hydrogen) atoms. The summed E-state index contributed by atoms with van der Waals surface area (Å²) in [4.78, 5) is 0. The Kier molecular flexibility index (Phi) is 5.40. The highest BCUT2D eigenvalue weighted by Gasteiger charge is 2.07. The molecule has 2 heteroatoms. The van der Waals surface area contributed by atoms with Gasteiger partial charge in [0.2, 0.25) is 0 Å². The van der Waals surface area contributed by atoms with Gasteiger partial charge >= 0.3 is 0 Å². The molecule has 0 aliphatic carbocycles. The zero-order valence-electron chi connectivity index (χ0n) is 13.4. The maximum atomic E-state index is 5.56. The van der Waals surface area contributed by atoms with Gasteiger partial charge in [-0.15, -0.1) is 0 Å². The molecule has 0 atom stereocenters. The Morgan fingerprint density at radius 2 is 1.95 bits per heavy atom. The average molecular weight is 283 g/mol. The molecular weight excluding hydrogens is 258 g/mol. The lowest BCUT2D eigenvalue weighted by molar-refractivity contribution is 0.414. The number of methoxy groups -OCH3 is 1. The monoisotopic (exact) mass is 283 g/mol. The summed E-state index contributed by atoms with van der Waals surface area (Å²) in [7, 11) is 1.74. The highest BCUT2D eigenvalue weighted by atomic mass is 16.5. The normalized spacial score (nSPS) is 12.1. The Morgan fingerprint density at radius 1 is 1.19 bits per heavy atom. The van der Waals surface area contributed by atoms with Crippen LogP contribution >= 0.6 is 0 Å². The standard InChI is InChI=1S/C19H25NO/c1-5-15(13-20-14(2)3)12-18-17-9-7-6-8-16(17)10-11-19(18)21-4/h6-12,14,20H,5,13H2,1-4H3. The van der Waals surface area contributed by atoms with E-state index in [-0.39, 0.29) is 0 Å². The molecule has 0 aliphatic rings. The minimum atomic E-state index is 0.495. The molecule has 0 bridgehead atoms. The molecule has 0 amide bonds. The third-order valence-electron chi connectivity index (χ3n) is 3.69. The van der Waals surface area contributed by atoms with E-state index in [2.05, 4.69) is 68.6 Å². The van der Waals surface area contributed by atoms with Crippen LogP contribution in [0.5, 0.6) is 5.75 Å². The molecule has 0 saturated heterocycles. The number of hydrogen-bond acceptors (Lipinski definition) is 2. The van der Waals surface area contributed by atoms with E-state index in [0.717, 1.165) is 18.7 Å². The predicted molar refractivity (Wildman–Crippen MR) is 91.9 cm³/mol. The fraction of sp³-hybridized carbons (Fsp3) is 0.368.